The third-order valence-electron chi connectivity index (χ3n) is 2.54. The van der Waals surface area contributed by atoms with Gasteiger partial charge in [-0.05, 0) is 35.6 Å². The minimum Gasteiger partial charge on any atom is -0.404 e. The van der Waals surface area contributed by atoms with Crippen LogP contribution in [0.4, 0.5) is 0 Å². The Bertz CT molecular complexity index is 522. The lowest BCUT2D eigenvalue weighted by atomic mass is 10.1. The molecular weight excluding hydrogens is 380 g/mol. The Hall–Kier alpha value is -0.940. The largest absolute Gasteiger partial charge is 0.404 e. The first-order valence-corrected chi connectivity index (χ1v) is 9.14. The van der Waals surface area contributed by atoms with Gasteiger partial charge in [-0.1, -0.05) is 71.1 Å². The highest BCUT2D eigenvalue weighted by Crippen LogP contribution is 2.22. The van der Waals surface area contributed by atoms with Gasteiger partial charge in [0.25, 0.3) is 0 Å². The molecule has 0 aliphatic heterocycles. The summed E-state index contributed by atoms with van der Waals surface area (Å²) in [5.41, 5.74) is 8.80. The van der Waals surface area contributed by atoms with Gasteiger partial charge < -0.3 is 5.73 Å². The first kappa shape index (κ1) is 21.1. The number of benzene rings is 1. The van der Waals surface area contributed by atoms with Gasteiger partial charge in [-0.2, -0.15) is 0 Å². The van der Waals surface area contributed by atoms with Crippen LogP contribution in [0.3, 0.4) is 0 Å². The first-order chi connectivity index (χ1) is 10.7. The van der Waals surface area contributed by atoms with E-state index in [0.29, 0.717) is 5.88 Å². The lowest BCUT2D eigenvalue weighted by molar-refractivity contribution is 1.43. The number of hydrogen-bond acceptors (Lipinski definition) is 3. The summed E-state index contributed by atoms with van der Waals surface area (Å²) in [5, 5.41) is 6.31. The SMILES string of the molecule is C=C/C=C(\C=C/C)CCl.N/C=C(\SN)c1ccc(CBr)cc1. The molecule has 0 aromatic heterocycles. The summed E-state index contributed by atoms with van der Waals surface area (Å²) in [6.07, 6.45) is 9.07. The van der Waals surface area contributed by atoms with Gasteiger partial charge in [-0.3, -0.25) is 5.14 Å². The fourth-order valence-corrected chi connectivity index (χ4v) is 2.37. The molecule has 0 atom stereocenters. The molecule has 0 bridgehead atoms. The summed E-state index contributed by atoms with van der Waals surface area (Å²) < 4.78 is 0. The first-order valence-electron chi connectivity index (χ1n) is 6.60. The highest BCUT2D eigenvalue weighted by molar-refractivity contribution is 9.08. The second kappa shape index (κ2) is 13.7. The van der Waals surface area contributed by atoms with Gasteiger partial charge in [-0.25, -0.2) is 0 Å². The van der Waals surface area contributed by atoms with Crippen molar-refractivity contribution >= 4 is 44.4 Å². The van der Waals surface area contributed by atoms with Crippen LogP contribution < -0.4 is 10.9 Å². The maximum atomic E-state index is 5.56. The van der Waals surface area contributed by atoms with Gasteiger partial charge in [0.2, 0.25) is 0 Å². The third kappa shape index (κ3) is 8.49. The molecule has 22 heavy (non-hydrogen) atoms. The van der Waals surface area contributed by atoms with E-state index in [1.807, 2.05) is 49.4 Å². The van der Waals surface area contributed by atoms with Crippen molar-refractivity contribution in [3.05, 3.63) is 78.0 Å². The summed E-state index contributed by atoms with van der Waals surface area (Å²) in [6, 6.07) is 8.11. The van der Waals surface area contributed by atoms with E-state index in [0.717, 1.165) is 33.3 Å². The lowest BCUT2D eigenvalue weighted by Crippen LogP contribution is -1.90. The van der Waals surface area contributed by atoms with Crippen LogP contribution in [-0.2, 0) is 5.33 Å². The standard InChI is InChI=1S/C9H11BrN2S.C8H11Cl/c10-5-7-1-3-8(4-2-7)9(6-11)13-12;1-3-5-8(7-9)6-4-2/h1-4,6H,5,11-12H2;3-6H,1,7H2,2H3/b9-6-;6-4-,8-5+. The average Bonchev–Trinajstić information content (AvgIpc) is 2.57. The van der Waals surface area contributed by atoms with E-state index in [2.05, 4.69) is 22.5 Å². The zero-order valence-electron chi connectivity index (χ0n) is 12.6. The molecule has 1 aromatic carbocycles. The van der Waals surface area contributed by atoms with Gasteiger partial charge in [-0.15, -0.1) is 11.6 Å². The monoisotopic (exact) mass is 400 g/mol. The van der Waals surface area contributed by atoms with Gasteiger partial charge >= 0.3 is 0 Å². The Morgan fingerprint density at radius 2 is 2.00 bits per heavy atom. The van der Waals surface area contributed by atoms with Crippen LogP contribution >= 0.6 is 39.5 Å². The van der Waals surface area contributed by atoms with E-state index in [9.17, 15) is 0 Å². The van der Waals surface area contributed by atoms with Crippen LogP contribution in [0.1, 0.15) is 18.1 Å². The van der Waals surface area contributed by atoms with Crippen molar-refractivity contribution in [1.29, 1.82) is 0 Å². The Balaban J connectivity index is 0.000000433. The summed E-state index contributed by atoms with van der Waals surface area (Å²) in [7, 11) is 0. The summed E-state index contributed by atoms with van der Waals surface area (Å²) in [4.78, 5) is 0.890. The smallest absolute Gasteiger partial charge is 0.0473 e. The van der Waals surface area contributed by atoms with Crippen molar-refractivity contribution in [3.8, 4) is 0 Å². The van der Waals surface area contributed by atoms with Crippen molar-refractivity contribution < 1.29 is 0 Å². The fraction of sp³-hybridized carbons (Fsp3) is 0.176. The number of nitrogens with two attached hydrogens (primary N) is 2. The maximum Gasteiger partial charge on any atom is 0.0473 e. The highest BCUT2D eigenvalue weighted by atomic mass is 79.9. The molecule has 0 heterocycles. The van der Waals surface area contributed by atoms with Gasteiger partial charge in [0.1, 0.15) is 0 Å². The molecule has 5 heteroatoms. The van der Waals surface area contributed by atoms with Gasteiger partial charge in [0, 0.05) is 22.3 Å². The number of hydrogen-bond donors (Lipinski definition) is 2. The highest BCUT2D eigenvalue weighted by Gasteiger charge is 1.99. The number of rotatable bonds is 6. The Morgan fingerprint density at radius 1 is 1.36 bits per heavy atom. The molecule has 0 spiro atoms. The second-order valence-electron chi connectivity index (χ2n) is 4.09. The number of allylic oxidation sites excluding steroid dienone is 5. The predicted molar refractivity (Wildman–Crippen MR) is 107 cm³/mol. The molecular formula is C17H22BrClN2S. The molecule has 0 saturated carbocycles. The van der Waals surface area contributed by atoms with Crippen LogP contribution in [0.25, 0.3) is 4.91 Å². The molecule has 0 saturated heterocycles. The molecule has 0 aliphatic rings. The third-order valence-corrected chi connectivity index (χ3v) is 4.12. The molecule has 0 unspecified atom stereocenters. The molecule has 4 N–H and O–H groups in total. The molecule has 1 aromatic rings. The zero-order chi connectivity index (χ0) is 16.8. The predicted octanol–water partition coefficient (Wildman–Crippen LogP) is 5.36. The molecule has 1 rings (SSSR count). The number of halogens is 2. The van der Waals surface area contributed by atoms with Crippen LogP contribution in [0.15, 0.2) is 66.9 Å². The van der Waals surface area contributed by atoms with E-state index in [4.69, 9.17) is 22.5 Å². The lowest BCUT2D eigenvalue weighted by Gasteiger charge is -2.03. The molecule has 2 nitrogen and oxygen atoms in total. The van der Waals surface area contributed by atoms with Crippen LogP contribution in [0.5, 0.6) is 0 Å². The number of alkyl halides is 2. The zero-order valence-corrected chi connectivity index (χ0v) is 15.8. The summed E-state index contributed by atoms with van der Waals surface area (Å²) >= 11 is 10.1. The van der Waals surface area contributed by atoms with E-state index in [-0.39, 0.29) is 0 Å². The van der Waals surface area contributed by atoms with E-state index < -0.39 is 0 Å². The summed E-state index contributed by atoms with van der Waals surface area (Å²) in [6.45, 7) is 5.52. The fourth-order valence-electron chi connectivity index (χ4n) is 1.47. The van der Waals surface area contributed by atoms with Crippen molar-refractivity contribution in [2.45, 2.75) is 12.3 Å². The van der Waals surface area contributed by atoms with Crippen LogP contribution in [-0.4, -0.2) is 5.88 Å². The van der Waals surface area contributed by atoms with Crippen molar-refractivity contribution in [2.24, 2.45) is 10.9 Å². The normalized spacial score (nSPS) is 12.0. The molecule has 0 fully saturated rings. The van der Waals surface area contributed by atoms with Gasteiger partial charge in [0.15, 0.2) is 0 Å². The molecule has 0 radical (unpaired) electrons. The van der Waals surface area contributed by atoms with Crippen LogP contribution in [0.2, 0.25) is 0 Å². The van der Waals surface area contributed by atoms with Gasteiger partial charge in [0.05, 0.1) is 0 Å². The molecule has 120 valence electrons. The molecule has 0 aliphatic carbocycles. The Labute approximate surface area is 151 Å². The van der Waals surface area contributed by atoms with Crippen molar-refractivity contribution in [2.75, 3.05) is 5.88 Å². The minimum absolute atomic E-state index is 0.552. The van der Waals surface area contributed by atoms with E-state index >= 15 is 0 Å². The average molecular weight is 402 g/mol. The maximum absolute atomic E-state index is 5.56. The van der Waals surface area contributed by atoms with E-state index in [1.165, 1.54) is 11.8 Å². The summed E-state index contributed by atoms with van der Waals surface area (Å²) in [5.74, 6) is 0.552. The van der Waals surface area contributed by atoms with Crippen LogP contribution in [0, 0.1) is 0 Å². The van der Waals surface area contributed by atoms with Crippen molar-refractivity contribution in [3.63, 3.8) is 0 Å². The Kier molecular flexibility index (Phi) is 13.1. The minimum atomic E-state index is 0.552. The van der Waals surface area contributed by atoms with Crippen molar-refractivity contribution in [1.82, 2.24) is 0 Å². The Morgan fingerprint density at radius 3 is 2.36 bits per heavy atom. The topological polar surface area (TPSA) is 52.0 Å². The molecule has 0 amide bonds. The van der Waals surface area contributed by atoms with E-state index in [1.54, 1.807) is 6.08 Å². The quantitative estimate of drug-likeness (QED) is 0.383. The second-order valence-corrected chi connectivity index (χ2v) is 5.59.